The smallest absolute Gasteiger partial charge is 0.237 e. The van der Waals surface area contributed by atoms with Gasteiger partial charge in [0.25, 0.3) is 0 Å². The average molecular weight is 347 g/mol. The van der Waals surface area contributed by atoms with E-state index < -0.39 is 0 Å². The molecule has 1 aromatic rings. The molecule has 2 saturated heterocycles. The lowest BCUT2D eigenvalue weighted by molar-refractivity contribution is -0.138. The first-order valence-corrected chi connectivity index (χ1v) is 8.49. The Balaban J connectivity index is 1.67. The van der Waals surface area contributed by atoms with Gasteiger partial charge in [-0.05, 0) is 24.1 Å². The van der Waals surface area contributed by atoms with Gasteiger partial charge < -0.3 is 19.7 Å². The Morgan fingerprint density at radius 2 is 1.88 bits per heavy atom. The Kier molecular flexibility index (Phi) is 5.13. The highest BCUT2D eigenvalue weighted by atomic mass is 16.5. The Labute approximate surface area is 147 Å². The fraction of sp³-hybridized carbons (Fsp3) is 0.556. The molecule has 25 heavy (non-hydrogen) atoms. The molecule has 0 spiro atoms. The van der Waals surface area contributed by atoms with Crippen LogP contribution in [0.3, 0.4) is 0 Å². The van der Waals surface area contributed by atoms with E-state index >= 15 is 0 Å². The molecular formula is C18H25N3O4. The van der Waals surface area contributed by atoms with Gasteiger partial charge in [0.05, 0.1) is 20.8 Å². The lowest BCUT2D eigenvalue weighted by atomic mass is 10.1. The molecule has 2 aliphatic rings. The van der Waals surface area contributed by atoms with Crippen LogP contribution in [-0.2, 0) is 16.1 Å². The molecule has 1 N–H and O–H groups in total. The van der Waals surface area contributed by atoms with Gasteiger partial charge in [0.1, 0.15) is 11.5 Å². The van der Waals surface area contributed by atoms with Gasteiger partial charge in [0.15, 0.2) is 0 Å². The summed E-state index contributed by atoms with van der Waals surface area (Å²) in [4.78, 5) is 27.8. The number of nitrogens with one attached hydrogen (secondary N) is 1. The van der Waals surface area contributed by atoms with Crippen LogP contribution in [-0.4, -0.2) is 67.6 Å². The number of piperazine rings is 1. The number of benzene rings is 1. The summed E-state index contributed by atoms with van der Waals surface area (Å²) in [5, 5.41) is 2.93. The summed E-state index contributed by atoms with van der Waals surface area (Å²) in [7, 11) is 3.25. The van der Waals surface area contributed by atoms with Crippen molar-refractivity contribution in [2.75, 3.05) is 33.9 Å². The highest BCUT2D eigenvalue weighted by Crippen LogP contribution is 2.27. The number of rotatable bonds is 5. The Bertz CT molecular complexity index is 641. The normalized spacial score (nSPS) is 23.3. The first-order valence-electron chi connectivity index (χ1n) is 8.49. The van der Waals surface area contributed by atoms with Crippen molar-refractivity contribution in [3.63, 3.8) is 0 Å². The molecule has 2 fully saturated rings. The summed E-state index contributed by atoms with van der Waals surface area (Å²) in [6.07, 6.45) is 0.809. The predicted octanol–water partition coefficient (Wildman–Crippen LogP) is 0.625. The van der Waals surface area contributed by atoms with Crippen molar-refractivity contribution in [2.45, 2.75) is 32.0 Å². The third kappa shape index (κ3) is 4.04. The van der Waals surface area contributed by atoms with Crippen LogP contribution >= 0.6 is 0 Å². The second-order valence-electron chi connectivity index (χ2n) is 6.72. The summed E-state index contributed by atoms with van der Waals surface area (Å²) in [6.45, 7) is 3.99. The number of carbonyl (C=O) groups excluding carboxylic acids is 2. The van der Waals surface area contributed by atoms with E-state index in [9.17, 15) is 9.59 Å². The first kappa shape index (κ1) is 17.5. The number of fused-ring (bicyclic) bond motifs is 1. The van der Waals surface area contributed by atoms with E-state index in [1.54, 1.807) is 14.2 Å². The first-order chi connectivity index (χ1) is 12.0. The number of nitrogens with zero attached hydrogens (tertiary/aromatic N) is 2. The minimum atomic E-state index is -0.0439. The molecule has 0 aromatic heterocycles. The molecule has 3 rings (SSSR count). The molecular weight excluding hydrogens is 322 g/mol. The second-order valence-corrected chi connectivity index (χ2v) is 6.72. The van der Waals surface area contributed by atoms with Crippen LogP contribution in [0.2, 0.25) is 0 Å². The Morgan fingerprint density at radius 3 is 2.48 bits per heavy atom. The molecule has 2 aliphatic heterocycles. The quantitative estimate of drug-likeness (QED) is 0.846. The highest BCUT2D eigenvalue weighted by molar-refractivity contribution is 5.80. The number of carbonyl (C=O) groups is 2. The number of amides is 2. The standard InChI is InChI=1S/C18H25N3O4/c1-12(22)19-14-6-15-10-20(11-18(23)21(15)9-14)8-13-4-16(24-2)7-17(5-13)25-3/h4-5,7,14-15H,6,8-11H2,1-3H3,(H,19,22). The van der Waals surface area contributed by atoms with E-state index in [0.29, 0.717) is 19.6 Å². The molecule has 136 valence electrons. The predicted molar refractivity (Wildman–Crippen MR) is 92.5 cm³/mol. The van der Waals surface area contributed by atoms with E-state index in [1.807, 2.05) is 23.1 Å². The van der Waals surface area contributed by atoms with E-state index in [1.165, 1.54) is 6.92 Å². The average Bonchev–Trinajstić information content (AvgIpc) is 2.96. The van der Waals surface area contributed by atoms with Gasteiger partial charge in [-0.3, -0.25) is 14.5 Å². The van der Waals surface area contributed by atoms with Crippen molar-refractivity contribution in [1.29, 1.82) is 0 Å². The van der Waals surface area contributed by atoms with E-state index in [4.69, 9.17) is 9.47 Å². The van der Waals surface area contributed by atoms with Crippen molar-refractivity contribution in [2.24, 2.45) is 0 Å². The highest BCUT2D eigenvalue weighted by Gasteiger charge is 2.40. The zero-order valence-corrected chi connectivity index (χ0v) is 14.9. The molecule has 1 aromatic carbocycles. The number of hydrogen-bond donors (Lipinski definition) is 1. The Morgan fingerprint density at radius 1 is 1.20 bits per heavy atom. The largest absolute Gasteiger partial charge is 0.497 e. The van der Waals surface area contributed by atoms with Crippen LogP contribution < -0.4 is 14.8 Å². The molecule has 7 nitrogen and oxygen atoms in total. The van der Waals surface area contributed by atoms with Crippen LogP contribution in [0.5, 0.6) is 11.5 Å². The Hall–Kier alpha value is -2.28. The zero-order chi connectivity index (χ0) is 18.0. The molecule has 2 amide bonds. The maximum absolute atomic E-state index is 12.5. The molecule has 0 saturated carbocycles. The summed E-state index contributed by atoms with van der Waals surface area (Å²) in [5.74, 6) is 1.56. The summed E-state index contributed by atoms with van der Waals surface area (Å²) < 4.78 is 10.6. The van der Waals surface area contributed by atoms with Gasteiger partial charge in [0.2, 0.25) is 11.8 Å². The second kappa shape index (κ2) is 7.31. The van der Waals surface area contributed by atoms with Crippen LogP contribution in [0.15, 0.2) is 18.2 Å². The molecule has 2 unspecified atom stereocenters. The van der Waals surface area contributed by atoms with E-state index in [2.05, 4.69) is 10.2 Å². The topological polar surface area (TPSA) is 71.1 Å². The fourth-order valence-corrected chi connectivity index (χ4v) is 3.77. The van der Waals surface area contributed by atoms with Gasteiger partial charge in [-0.15, -0.1) is 0 Å². The molecule has 0 radical (unpaired) electrons. The van der Waals surface area contributed by atoms with E-state index in [0.717, 1.165) is 30.0 Å². The van der Waals surface area contributed by atoms with Crippen molar-refractivity contribution in [3.8, 4) is 11.5 Å². The molecule has 0 aliphatic carbocycles. The molecule has 0 bridgehead atoms. The van der Waals surface area contributed by atoms with Gasteiger partial charge >= 0.3 is 0 Å². The fourth-order valence-electron chi connectivity index (χ4n) is 3.77. The zero-order valence-electron chi connectivity index (χ0n) is 14.9. The summed E-state index contributed by atoms with van der Waals surface area (Å²) in [5.41, 5.74) is 1.05. The van der Waals surface area contributed by atoms with Gasteiger partial charge in [-0.1, -0.05) is 0 Å². The maximum atomic E-state index is 12.5. The number of methoxy groups -OCH3 is 2. The molecule has 2 atom stereocenters. The lowest BCUT2D eigenvalue weighted by Gasteiger charge is -2.37. The van der Waals surface area contributed by atoms with Crippen LogP contribution in [0.4, 0.5) is 0 Å². The summed E-state index contributed by atoms with van der Waals surface area (Å²) in [6, 6.07) is 5.98. The SMILES string of the molecule is COc1cc(CN2CC(=O)N3CC(NC(C)=O)CC3C2)cc(OC)c1. The van der Waals surface area contributed by atoms with Crippen LogP contribution in [0.1, 0.15) is 18.9 Å². The van der Waals surface area contributed by atoms with Crippen molar-refractivity contribution < 1.29 is 19.1 Å². The monoisotopic (exact) mass is 347 g/mol. The minimum absolute atomic E-state index is 0.0439. The van der Waals surface area contributed by atoms with Crippen molar-refractivity contribution in [3.05, 3.63) is 23.8 Å². The third-order valence-electron chi connectivity index (χ3n) is 4.79. The number of ether oxygens (including phenoxy) is 2. The maximum Gasteiger partial charge on any atom is 0.237 e. The van der Waals surface area contributed by atoms with E-state index in [-0.39, 0.29) is 23.9 Å². The van der Waals surface area contributed by atoms with Crippen LogP contribution in [0, 0.1) is 0 Å². The molecule has 2 heterocycles. The number of hydrogen-bond acceptors (Lipinski definition) is 5. The molecule has 7 heteroatoms. The van der Waals surface area contributed by atoms with Gasteiger partial charge in [-0.2, -0.15) is 0 Å². The minimum Gasteiger partial charge on any atom is -0.497 e. The van der Waals surface area contributed by atoms with Crippen LogP contribution in [0.25, 0.3) is 0 Å². The van der Waals surface area contributed by atoms with Crippen molar-refractivity contribution in [1.82, 2.24) is 15.1 Å². The lowest BCUT2D eigenvalue weighted by Crippen LogP contribution is -2.53. The third-order valence-corrected chi connectivity index (χ3v) is 4.79. The van der Waals surface area contributed by atoms with Crippen molar-refractivity contribution >= 4 is 11.8 Å². The van der Waals surface area contributed by atoms with Gasteiger partial charge in [-0.25, -0.2) is 0 Å². The summed E-state index contributed by atoms with van der Waals surface area (Å²) >= 11 is 0. The van der Waals surface area contributed by atoms with Gasteiger partial charge in [0, 0.05) is 44.7 Å².